The van der Waals surface area contributed by atoms with Crippen molar-refractivity contribution in [2.75, 3.05) is 0 Å². The fraction of sp³-hybridized carbons (Fsp3) is 0.167. The van der Waals surface area contributed by atoms with E-state index in [1.54, 1.807) is 38.2 Å². The number of hydrogen-bond acceptors (Lipinski definition) is 6. The van der Waals surface area contributed by atoms with Gasteiger partial charge in [0, 0.05) is 23.7 Å². The molecule has 4 aromatic rings. The first kappa shape index (κ1) is 18.9. The first-order chi connectivity index (χ1) is 13.9. The summed E-state index contributed by atoms with van der Waals surface area (Å²) in [6.07, 6.45) is -0.608. The molecule has 0 saturated heterocycles. The van der Waals surface area contributed by atoms with Crippen molar-refractivity contribution in [3.63, 3.8) is 0 Å². The van der Waals surface area contributed by atoms with E-state index < -0.39 is 17.7 Å². The second-order valence-corrected chi connectivity index (χ2v) is 6.64. The molecular formula is C18H14ClF2N7O. The largest absolute Gasteiger partial charge is 0.452 e. The maximum atomic E-state index is 13.5. The Kier molecular flexibility index (Phi) is 4.93. The normalized spacial score (nSPS) is 12.2. The van der Waals surface area contributed by atoms with Gasteiger partial charge in [-0.15, -0.1) is 20.1 Å². The molecule has 2 aromatic heterocycles. The monoisotopic (exact) mass is 417 g/mol. The van der Waals surface area contributed by atoms with Gasteiger partial charge in [-0.1, -0.05) is 22.8 Å². The Labute approximate surface area is 168 Å². The minimum Gasteiger partial charge on any atom is -0.452 e. The predicted molar refractivity (Wildman–Crippen MR) is 99.6 cm³/mol. The fourth-order valence-corrected chi connectivity index (χ4v) is 2.84. The summed E-state index contributed by atoms with van der Waals surface area (Å²) in [4.78, 5) is 1.33. The third kappa shape index (κ3) is 3.92. The van der Waals surface area contributed by atoms with Gasteiger partial charge < -0.3 is 4.74 Å². The summed E-state index contributed by atoms with van der Waals surface area (Å²) in [6, 6.07) is 10.3. The number of rotatable bonds is 5. The molecule has 2 aromatic carbocycles. The van der Waals surface area contributed by atoms with Crippen LogP contribution in [-0.4, -0.2) is 35.0 Å². The second-order valence-electron chi connectivity index (χ2n) is 6.20. The standard InChI is InChI=1S/C18H14ClF2N7O/c1-10(16-22-26-28(25-16)15-5-3-4-12(19)8-15)29-18-24-23-17(27(18)2)11-6-13(20)9-14(21)7-11/h3-10H,1-2H3. The van der Waals surface area contributed by atoms with E-state index in [0.29, 0.717) is 16.5 Å². The number of nitrogens with zero attached hydrogens (tertiary/aromatic N) is 7. The molecule has 148 valence electrons. The van der Waals surface area contributed by atoms with Crippen molar-refractivity contribution < 1.29 is 13.5 Å². The lowest BCUT2D eigenvalue weighted by Gasteiger charge is -2.10. The van der Waals surface area contributed by atoms with E-state index in [1.165, 1.54) is 21.5 Å². The van der Waals surface area contributed by atoms with E-state index in [4.69, 9.17) is 16.3 Å². The molecule has 4 rings (SSSR count). The van der Waals surface area contributed by atoms with E-state index in [1.807, 2.05) is 0 Å². The molecule has 0 spiro atoms. The highest BCUT2D eigenvalue weighted by atomic mass is 35.5. The van der Waals surface area contributed by atoms with Gasteiger partial charge in [-0.3, -0.25) is 4.57 Å². The maximum Gasteiger partial charge on any atom is 0.317 e. The molecule has 0 amide bonds. The molecule has 0 aliphatic rings. The average molecular weight is 418 g/mol. The van der Waals surface area contributed by atoms with Gasteiger partial charge >= 0.3 is 6.01 Å². The Hall–Kier alpha value is -3.40. The number of halogens is 3. The zero-order valence-corrected chi connectivity index (χ0v) is 16.0. The van der Waals surface area contributed by atoms with Crippen LogP contribution in [0.5, 0.6) is 6.01 Å². The molecule has 0 saturated carbocycles. The summed E-state index contributed by atoms with van der Waals surface area (Å²) in [5.74, 6) is -0.853. The molecule has 0 N–H and O–H groups in total. The molecule has 1 atom stereocenters. The topological polar surface area (TPSA) is 83.5 Å². The number of aromatic nitrogens is 7. The van der Waals surface area contributed by atoms with Crippen molar-refractivity contribution in [2.24, 2.45) is 7.05 Å². The molecule has 2 heterocycles. The highest BCUT2D eigenvalue weighted by Gasteiger charge is 2.20. The Morgan fingerprint density at radius 1 is 1.03 bits per heavy atom. The van der Waals surface area contributed by atoms with Crippen LogP contribution in [0.2, 0.25) is 5.02 Å². The zero-order valence-electron chi connectivity index (χ0n) is 15.3. The lowest BCUT2D eigenvalue weighted by Crippen LogP contribution is -2.09. The van der Waals surface area contributed by atoms with Gasteiger partial charge in [0.1, 0.15) is 11.6 Å². The van der Waals surface area contributed by atoms with Gasteiger partial charge in [-0.05, 0) is 42.5 Å². The first-order valence-electron chi connectivity index (χ1n) is 8.49. The van der Waals surface area contributed by atoms with Gasteiger partial charge in [0.2, 0.25) is 5.82 Å². The lowest BCUT2D eigenvalue weighted by atomic mass is 10.2. The molecule has 0 fully saturated rings. The SMILES string of the molecule is CC(Oc1nnc(-c2cc(F)cc(F)c2)n1C)c1nnn(-c2cccc(Cl)c2)n1. The molecular weight excluding hydrogens is 404 g/mol. The lowest BCUT2D eigenvalue weighted by molar-refractivity contribution is 0.190. The van der Waals surface area contributed by atoms with Crippen LogP contribution in [0.3, 0.4) is 0 Å². The maximum absolute atomic E-state index is 13.5. The smallest absolute Gasteiger partial charge is 0.317 e. The quantitative estimate of drug-likeness (QED) is 0.494. The van der Waals surface area contributed by atoms with Crippen LogP contribution in [0.15, 0.2) is 42.5 Å². The summed E-state index contributed by atoms with van der Waals surface area (Å²) in [5, 5.41) is 20.7. The van der Waals surface area contributed by atoms with Gasteiger partial charge in [-0.25, -0.2) is 8.78 Å². The second kappa shape index (κ2) is 7.55. The number of tetrazole rings is 1. The predicted octanol–water partition coefficient (Wildman–Crippen LogP) is 3.53. The van der Waals surface area contributed by atoms with Crippen molar-refractivity contribution in [1.82, 2.24) is 35.0 Å². The Morgan fingerprint density at radius 2 is 1.79 bits per heavy atom. The number of hydrogen-bond donors (Lipinski definition) is 0. The Bertz CT molecular complexity index is 1160. The number of ether oxygens (including phenoxy) is 1. The van der Waals surface area contributed by atoms with Crippen LogP contribution in [0.1, 0.15) is 18.9 Å². The van der Waals surface area contributed by atoms with E-state index >= 15 is 0 Å². The van der Waals surface area contributed by atoms with E-state index in [2.05, 4.69) is 25.6 Å². The number of benzene rings is 2. The highest BCUT2D eigenvalue weighted by molar-refractivity contribution is 6.30. The van der Waals surface area contributed by atoms with Gasteiger partial charge in [0.15, 0.2) is 11.9 Å². The average Bonchev–Trinajstić information content (AvgIpc) is 3.29. The Balaban J connectivity index is 1.55. The Morgan fingerprint density at radius 3 is 2.52 bits per heavy atom. The fourth-order valence-electron chi connectivity index (χ4n) is 2.66. The molecule has 11 heteroatoms. The summed E-state index contributed by atoms with van der Waals surface area (Å²) >= 11 is 5.98. The van der Waals surface area contributed by atoms with Crippen LogP contribution in [-0.2, 0) is 7.05 Å². The summed E-state index contributed by atoms with van der Waals surface area (Å²) in [5.41, 5.74) is 0.891. The van der Waals surface area contributed by atoms with Crippen molar-refractivity contribution >= 4 is 11.6 Å². The van der Waals surface area contributed by atoms with E-state index in [-0.39, 0.29) is 17.4 Å². The molecule has 0 aliphatic carbocycles. The first-order valence-corrected chi connectivity index (χ1v) is 8.87. The van der Waals surface area contributed by atoms with Crippen molar-refractivity contribution in [2.45, 2.75) is 13.0 Å². The van der Waals surface area contributed by atoms with E-state index in [9.17, 15) is 8.78 Å². The molecule has 29 heavy (non-hydrogen) atoms. The van der Waals surface area contributed by atoms with Gasteiger partial charge in [-0.2, -0.15) is 0 Å². The van der Waals surface area contributed by atoms with Gasteiger partial charge in [0.25, 0.3) is 0 Å². The van der Waals surface area contributed by atoms with Gasteiger partial charge in [0.05, 0.1) is 5.69 Å². The summed E-state index contributed by atoms with van der Waals surface area (Å²) < 4.78 is 34.2. The highest BCUT2D eigenvalue weighted by Crippen LogP contribution is 2.25. The minimum atomic E-state index is -0.708. The molecule has 0 aliphatic heterocycles. The van der Waals surface area contributed by atoms with Crippen molar-refractivity contribution in [3.05, 3.63) is 64.9 Å². The van der Waals surface area contributed by atoms with Crippen LogP contribution in [0.25, 0.3) is 17.1 Å². The van der Waals surface area contributed by atoms with Crippen LogP contribution >= 0.6 is 11.6 Å². The van der Waals surface area contributed by atoms with Crippen LogP contribution in [0.4, 0.5) is 8.78 Å². The summed E-state index contributed by atoms with van der Waals surface area (Å²) in [6.45, 7) is 1.72. The molecule has 0 bridgehead atoms. The molecule has 1 unspecified atom stereocenters. The van der Waals surface area contributed by atoms with Crippen molar-refractivity contribution in [1.29, 1.82) is 0 Å². The summed E-state index contributed by atoms with van der Waals surface area (Å²) in [7, 11) is 1.62. The third-order valence-electron chi connectivity index (χ3n) is 4.07. The van der Waals surface area contributed by atoms with Crippen molar-refractivity contribution in [3.8, 4) is 23.1 Å². The minimum absolute atomic E-state index is 0.135. The van der Waals surface area contributed by atoms with Crippen LogP contribution < -0.4 is 4.74 Å². The zero-order chi connectivity index (χ0) is 20.5. The third-order valence-corrected chi connectivity index (χ3v) is 4.30. The molecule has 8 nitrogen and oxygen atoms in total. The van der Waals surface area contributed by atoms with E-state index in [0.717, 1.165) is 6.07 Å². The van der Waals surface area contributed by atoms with Crippen LogP contribution in [0, 0.1) is 11.6 Å². The molecule has 0 radical (unpaired) electrons.